The maximum Gasteiger partial charge on any atom is 0.202 e. The lowest BCUT2D eigenvalue weighted by Gasteiger charge is -2.05. The summed E-state index contributed by atoms with van der Waals surface area (Å²) in [6.07, 6.45) is 0. The van der Waals surface area contributed by atoms with Crippen molar-refractivity contribution in [2.24, 2.45) is 5.92 Å². The topological polar surface area (TPSA) is 17.1 Å². The van der Waals surface area contributed by atoms with Crippen LogP contribution >= 0.6 is 0 Å². The van der Waals surface area contributed by atoms with E-state index in [1.165, 1.54) is 12.5 Å². The second-order valence-corrected chi connectivity index (χ2v) is 3.37. The highest BCUT2D eigenvalue weighted by molar-refractivity contribution is 5.93. The zero-order valence-electron chi connectivity index (χ0n) is 8.49. The Labute approximate surface area is 74.9 Å². The molecule has 66 valence electrons. The Morgan fingerprint density at radius 3 is 1.83 bits per heavy atom. The Morgan fingerprint density at radius 1 is 1.08 bits per heavy atom. The highest BCUT2D eigenvalue weighted by Crippen LogP contribution is 2.12. The first kappa shape index (κ1) is 11.0. The van der Waals surface area contributed by atoms with Gasteiger partial charge >= 0.3 is 0 Å². The molecule has 0 atom stereocenters. The zero-order chi connectivity index (χ0) is 9.72. The zero-order valence-corrected chi connectivity index (χ0v) is 8.49. The quantitative estimate of drug-likeness (QED) is 0.430. The van der Waals surface area contributed by atoms with Gasteiger partial charge in [-0.25, -0.2) is 0 Å². The minimum Gasteiger partial charge on any atom is -0.285 e. The van der Waals surface area contributed by atoms with Crippen LogP contribution in [0.1, 0.15) is 34.6 Å². The number of ketones is 1. The first-order valence-electron chi connectivity index (χ1n) is 4.15. The molecule has 0 spiro atoms. The summed E-state index contributed by atoms with van der Waals surface area (Å²) in [4.78, 5) is 10.6. The van der Waals surface area contributed by atoms with Gasteiger partial charge in [0.05, 0.1) is 0 Å². The fourth-order valence-corrected chi connectivity index (χ4v) is 1.00. The number of Topliss-reactive ketones (excluding diaryl/α,β-unsaturated/α-hetero) is 1. The molecule has 1 nitrogen and oxygen atoms in total. The van der Waals surface area contributed by atoms with Crippen molar-refractivity contribution in [2.75, 3.05) is 0 Å². The maximum absolute atomic E-state index is 10.6. The molecular weight excluding hydrogens is 148 g/mol. The fraction of sp³-hybridized carbons (Fsp3) is 0.545. The summed E-state index contributed by atoms with van der Waals surface area (Å²) in [6, 6.07) is 0. The standard InChI is InChI=1S/C11H16O/c1-8(2)11(9(3)4)7-6-10(5)12/h8H,1-5H3. The summed E-state index contributed by atoms with van der Waals surface area (Å²) in [6.45, 7) is 9.68. The lowest BCUT2D eigenvalue weighted by atomic mass is 9.99. The Morgan fingerprint density at radius 2 is 1.58 bits per heavy atom. The third kappa shape index (κ3) is 3.98. The molecule has 0 heterocycles. The largest absolute Gasteiger partial charge is 0.285 e. The van der Waals surface area contributed by atoms with Crippen molar-refractivity contribution in [1.82, 2.24) is 0 Å². The third-order valence-electron chi connectivity index (χ3n) is 1.49. The molecule has 0 amide bonds. The van der Waals surface area contributed by atoms with Gasteiger partial charge in [0.25, 0.3) is 0 Å². The second-order valence-electron chi connectivity index (χ2n) is 3.37. The molecule has 0 aromatic rings. The van der Waals surface area contributed by atoms with Gasteiger partial charge in [-0.3, -0.25) is 4.79 Å². The van der Waals surface area contributed by atoms with E-state index in [1.807, 2.05) is 13.8 Å². The van der Waals surface area contributed by atoms with Crippen LogP contribution in [0.5, 0.6) is 0 Å². The Bertz CT molecular complexity index is 254. The molecule has 0 fully saturated rings. The first-order chi connectivity index (χ1) is 5.45. The van der Waals surface area contributed by atoms with Crippen LogP contribution in [0.4, 0.5) is 0 Å². The van der Waals surface area contributed by atoms with Gasteiger partial charge in [0, 0.05) is 12.5 Å². The summed E-state index contributed by atoms with van der Waals surface area (Å²) >= 11 is 0. The fourth-order valence-electron chi connectivity index (χ4n) is 1.00. The molecule has 1 heteroatoms. The Balaban J connectivity index is 4.74. The van der Waals surface area contributed by atoms with Crippen molar-refractivity contribution >= 4 is 5.78 Å². The molecule has 0 saturated carbocycles. The predicted octanol–water partition coefficient (Wildman–Crippen LogP) is 2.57. The predicted molar refractivity (Wildman–Crippen MR) is 51.7 cm³/mol. The van der Waals surface area contributed by atoms with E-state index in [4.69, 9.17) is 0 Å². The molecule has 12 heavy (non-hydrogen) atoms. The highest BCUT2D eigenvalue weighted by atomic mass is 16.1. The molecule has 0 unspecified atom stereocenters. The van der Waals surface area contributed by atoms with E-state index in [2.05, 4.69) is 25.7 Å². The number of rotatable bonds is 1. The van der Waals surface area contributed by atoms with Crippen molar-refractivity contribution in [2.45, 2.75) is 34.6 Å². The number of allylic oxidation sites excluding steroid dienone is 2. The van der Waals surface area contributed by atoms with Crippen LogP contribution in [0.25, 0.3) is 0 Å². The van der Waals surface area contributed by atoms with E-state index in [1.54, 1.807) is 0 Å². The monoisotopic (exact) mass is 164 g/mol. The minimum atomic E-state index is -0.0746. The van der Waals surface area contributed by atoms with Crippen molar-refractivity contribution < 1.29 is 4.79 Å². The molecule has 0 aliphatic carbocycles. The van der Waals surface area contributed by atoms with E-state index >= 15 is 0 Å². The molecule has 0 radical (unpaired) electrons. The van der Waals surface area contributed by atoms with Crippen molar-refractivity contribution in [1.29, 1.82) is 0 Å². The van der Waals surface area contributed by atoms with Gasteiger partial charge in [0.1, 0.15) is 0 Å². The van der Waals surface area contributed by atoms with Crippen LogP contribution in [0, 0.1) is 17.8 Å². The summed E-state index contributed by atoms with van der Waals surface area (Å²) in [5, 5.41) is 0. The number of carbonyl (C=O) groups excluding carboxylic acids is 1. The smallest absolute Gasteiger partial charge is 0.202 e. The summed E-state index contributed by atoms with van der Waals surface area (Å²) < 4.78 is 0. The maximum atomic E-state index is 10.6. The number of hydrogen-bond donors (Lipinski definition) is 0. The molecule has 0 saturated heterocycles. The lowest BCUT2D eigenvalue weighted by Crippen LogP contribution is -1.94. The highest BCUT2D eigenvalue weighted by Gasteiger charge is 2.00. The van der Waals surface area contributed by atoms with E-state index < -0.39 is 0 Å². The van der Waals surface area contributed by atoms with Crippen LogP contribution in [-0.2, 0) is 4.79 Å². The van der Waals surface area contributed by atoms with Gasteiger partial charge in [0.15, 0.2) is 0 Å². The van der Waals surface area contributed by atoms with Gasteiger partial charge in [-0.1, -0.05) is 25.3 Å². The molecule has 0 aromatic heterocycles. The first-order valence-corrected chi connectivity index (χ1v) is 4.15. The summed E-state index contributed by atoms with van der Waals surface area (Å²) in [5.41, 5.74) is 2.27. The van der Waals surface area contributed by atoms with Gasteiger partial charge in [-0.05, 0) is 25.7 Å². The number of hydrogen-bond acceptors (Lipinski definition) is 1. The average Bonchev–Trinajstić information content (AvgIpc) is 1.84. The lowest BCUT2D eigenvalue weighted by molar-refractivity contribution is -0.111. The molecule has 0 aliphatic heterocycles. The van der Waals surface area contributed by atoms with Crippen LogP contribution < -0.4 is 0 Å². The normalized spacial score (nSPS) is 8.83. The van der Waals surface area contributed by atoms with E-state index in [0.717, 1.165) is 5.57 Å². The van der Waals surface area contributed by atoms with Gasteiger partial charge in [-0.2, -0.15) is 0 Å². The second kappa shape index (κ2) is 4.77. The molecule has 0 aliphatic rings. The van der Waals surface area contributed by atoms with E-state index in [0.29, 0.717) is 5.92 Å². The van der Waals surface area contributed by atoms with Crippen molar-refractivity contribution in [3.63, 3.8) is 0 Å². The molecular formula is C11H16O. The Kier molecular flexibility index (Phi) is 4.36. The van der Waals surface area contributed by atoms with Crippen molar-refractivity contribution in [3.8, 4) is 11.8 Å². The molecule has 0 rings (SSSR count). The number of carbonyl (C=O) groups is 1. The molecule has 0 N–H and O–H groups in total. The van der Waals surface area contributed by atoms with Crippen LogP contribution in [0.2, 0.25) is 0 Å². The SMILES string of the molecule is CC(=O)C#CC(=C(C)C)C(C)C. The van der Waals surface area contributed by atoms with Crippen LogP contribution in [-0.4, -0.2) is 5.78 Å². The van der Waals surface area contributed by atoms with E-state index in [-0.39, 0.29) is 5.78 Å². The van der Waals surface area contributed by atoms with Crippen LogP contribution in [0.15, 0.2) is 11.1 Å². The molecule has 0 aromatic carbocycles. The average molecular weight is 164 g/mol. The van der Waals surface area contributed by atoms with Gasteiger partial charge in [0.2, 0.25) is 5.78 Å². The minimum absolute atomic E-state index is 0.0746. The van der Waals surface area contributed by atoms with Crippen molar-refractivity contribution in [3.05, 3.63) is 11.1 Å². The Hall–Kier alpha value is -1.03. The van der Waals surface area contributed by atoms with Crippen LogP contribution in [0.3, 0.4) is 0 Å². The summed E-state index contributed by atoms with van der Waals surface area (Å²) in [7, 11) is 0. The van der Waals surface area contributed by atoms with Gasteiger partial charge < -0.3 is 0 Å². The molecule has 0 bridgehead atoms. The summed E-state index contributed by atoms with van der Waals surface area (Å²) in [5.74, 6) is 5.79. The third-order valence-corrected chi connectivity index (χ3v) is 1.49. The van der Waals surface area contributed by atoms with Gasteiger partial charge in [-0.15, -0.1) is 0 Å². The van der Waals surface area contributed by atoms with E-state index in [9.17, 15) is 4.79 Å².